The van der Waals surface area contributed by atoms with E-state index in [4.69, 9.17) is 4.74 Å². The number of rotatable bonds is 5. The summed E-state index contributed by atoms with van der Waals surface area (Å²) in [5.41, 5.74) is 1.35. The van der Waals surface area contributed by atoms with E-state index in [0.717, 1.165) is 18.5 Å². The van der Waals surface area contributed by atoms with Crippen LogP contribution in [-0.2, 0) is 0 Å². The number of carboxylic acids is 1. The maximum Gasteiger partial charge on any atom is 0.337 e. The molecule has 2 aromatic rings. The number of aromatic nitrogens is 2. The second kappa shape index (κ2) is 5.51. The number of aromatic carboxylic acids is 1. The Hall–Kier alpha value is -2.83. The van der Waals surface area contributed by atoms with E-state index >= 15 is 0 Å². The van der Waals surface area contributed by atoms with Gasteiger partial charge in [-0.3, -0.25) is 9.89 Å². The van der Waals surface area contributed by atoms with Crippen LogP contribution in [0.2, 0.25) is 0 Å². The molecule has 1 saturated carbocycles. The van der Waals surface area contributed by atoms with E-state index in [1.165, 1.54) is 19.2 Å². The van der Waals surface area contributed by atoms with E-state index in [9.17, 15) is 14.7 Å². The predicted molar refractivity (Wildman–Crippen MR) is 78.5 cm³/mol. The molecule has 1 aliphatic rings. The monoisotopic (exact) mass is 301 g/mol. The zero-order valence-corrected chi connectivity index (χ0v) is 11.9. The maximum absolute atomic E-state index is 12.2. The Morgan fingerprint density at radius 2 is 2.14 bits per heavy atom. The molecule has 1 fully saturated rings. The predicted octanol–water partition coefficient (Wildman–Crippen LogP) is 2.25. The van der Waals surface area contributed by atoms with Crippen molar-refractivity contribution in [2.45, 2.75) is 18.8 Å². The molecule has 0 bridgehead atoms. The van der Waals surface area contributed by atoms with Crippen molar-refractivity contribution >= 4 is 17.6 Å². The van der Waals surface area contributed by atoms with Crippen LogP contribution < -0.4 is 10.1 Å². The normalized spacial score (nSPS) is 13.7. The molecule has 3 N–H and O–H groups in total. The number of carboxylic acid groups (broad SMARTS) is 1. The lowest BCUT2D eigenvalue weighted by atomic mass is 10.1. The summed E-state index contributed by atoms with van der Waals surface area (Å²) in [5, 5.41) is 18.6. The van der Waals surface area contributed by atoms with Crippen molar-refractivity contribution in [3.63, 3.8) is 0 Å². The highest BCUT2D eigenvalue weighted by Crippen LogP contribution is 2.39. The molecule has 1 aliphatic carbocycles. The Kier molecular flexibility index (Phi) is 3.54. The summed E-state index contributed by atoms with van der Waals surface area (Å²) in [6.07, 6.45) is 2.20. The average Bonchev–Trinajstić information content (AvgIpc) is 3.24. The fourth-order valence-electron chi connectivity index (χ4n) is 2.18. The van der Waals surface area contributed by atoms with Crippen LogP contribution in [0.25, 0.3) is 0 Å². The van der Waals surface area contributed by atoms with E-state index in [-0.39, 0.29) is 16.9 Å². The number of carbonyl (C=O) groups excluding carboxylic acids is 1. The lowest BCUT2D eigenvalue weighted by molar-refractivity contribution is 0.0697. The van der Waals surface area contributed by atoms with Gasteiger partial charge in [0, 0.05) is 11.6 Å². The van der Waals surface area contributed by atoms with Gasteiger partial charge in [0.25, 0.3) is 5.91 Å². The zero-order chi connectivity index (χ0) is 15.7. The van der Waals surface area contributed by atoms with Gasteiger partial charge in [-0.1, -0.05) is 0 Å². The molecule has 7 nitrogen and oxygen atoms in total. The fourth-order valence-corrected chi connectivity index (χ4v) is 2.18. The van der Waals surface area contributed by atoms with Crippen LogP contribution in [0.5, 0.6) is 5.75 Å². The van der Waals surface area contributed by atoms with E-state index in [0.29, 0.717) is 11.7 Å². The van der Waals surface area contributed by atoms with Crippen molar-refractivity contribution < 1.29 is 19.4 Å². The van der Waals surface area contributed by atoms with Gasteiger partial charge in [0.05, 0.1) is 18.4 Å². The first kappa shape index (κ1) is 14.1. The number of methoxy groups -OCH3 is 1. The lowest BCUT2D eigenvalue weighted by Gasteiger charge is -2.09. The molecule has 114 valence electrons. The van der Waals surface area contributed by atoms with E-state index in [1.54, 1.807) is 12.1 Å². The number of carbonyl (C=O) groups is 2. The standard InChI is InChI=1S/C15H15N3O4/c1-22-9-4-5-11(10(6-9)15(20)21)16-14(19)13-7-12(17-18-13)8-2-3-8/h4-8H,2-3H2,1H3,(H,16,19)(H,17,18)(H,20,21). The zero-order valence-electron chi connectivity index (χ0n) is 11.9. The molecule has 3 rings (SSSR count). The molecule has 1 aromatic heterocycles. The van der Waals surface area contributed by atoms with Gasteiger partial charge < -0.3 is 15.2 Å². The smallest absolute Gasteiger partial charge is 0.337 e. The minimum atomic E-state index is -1.14. The molecular formula is C15H15N3O4. The Morgan fingerprint density at radius 1 is 1.36 bits per heavy atom. The number of anilines is 1. The Morgan fingerprint density at radius 3 is 2.77 bits per heavy atom. The van der Waals surface area contributed by atoms with Crippen molar-refractivity contribution in [2.24, 2.45) is 0 Å². The SMILES string of the molecule is COc1ccc(NC(=O)c2cc(C3CC3)[nH]n2)c(C(=O)O)c1. The third kappa shape index (κ3) is 2.78. The number of aromatic amines is 1. The first-order valence-corrected chi connectivity index (χ1v) is 6.86. The van der Waals surface area contributed by atoms with Gasteiger partial charge in [0.1, 0.15) is 5.75 Å². The van der Waals surface area contributed by atoms with Crippen LogP contribution in [0.15, 0.2) is 24.3 Å². The highest BCUT2D eigenvalue weighted by atomic mass is 16.5. The molecular weight excluding hydrogens is 286 g/mol. The quantitative estimate of drug-likeness (QED) is 0.785. The largest absolute Gasteiger partial charge is 0.497 e. The van der Waals surface area contributed by atoms with Crippen molar-refractivity contribution in [2.75, 3.05) is 12.4 Å². The van der Waals surface area contributed by atoms with Crippen LogP contribution in [0.4, 0.5) is 5.69 Å². The van der Waals surface area contributed by atoms with E-state index in [1.807, 2.05) is 0 Å². The average molecular weight is 301 g/mol. The minimum absolute atomic E-state index is 0.0364. The summed E-state index contributed by atoms with van der Waals surface area (Å²) in [4.78, 5) is 23.5. The topological polar surface area (TPSA) is 104 Å². The van der Waals surface area contributed by atoms with Crippen molar-refractivity contribution in [3.05, 3.63) is 41.2 Å². The second-order valence-electron chi connectivity index (χ2n) is 5.15. The summed E-state index contributed by atoms with van der Waals surface area (Å²) in [7, 11) is 1.45. The van der Waals surface area contributed by atoms with E-state index < -0.39 is 11.9 Å². The summed E-state index contributed by atoms with van der Waals surface area (Å²) in [6.45, 7) is 0. The van der Waals surface area contributed by atoms with Crippen LogP contribution in [-0.4, -0.2) is 34.3 Å². The van der Waals surface area contributed by atoms with Gasteiger partial charge in [0.2, 0.25) is 0 Å². The number of hydrogen-bond acceptors (Lipinski definition) is 4. The van der Waals surface area contributed by atoms with Crippen LogP contribution in [0.1, 0.15) is 45.3 Å². The van der Waals surface area contributed by atoms with Gasteiger partial charge in [-0.05, 0) is 37.1 Å². The van der Waals surface area contributed by atoms with Crippen LogP contribution in [0, 0.1) is 0 Å². The molecule has 0 atom stereocenters. The van der Waals surface area contributed by atoms with Crippen LogP contribution >= 0.6 is 0 Å². The molecule has 22 heavy (non-hydrogen) atoms. The highest BCUT2D eigenvalue weighted by molar-refractivity contribution is 6.07. The first-order valence-electron chi connectivity index (χ1n) is 6.86. The van der Waals surface area contributed by atoms with Gasteiger partial charge in [-0.25, -0.2) is 4.79 Å². The van der Waals surface area contributed by atoms with Gasteiger partial charge in [-0.15, -0.1) is 0 Å². The van der Waals surface area contributed by atoms with Crippen molar-refractivity contribution in [1.29, 1.82) is 0 Å². The third-order valence-corrected chi connectivity index (χ3v) is 3.55. The number of nitrogens with one attached hydrogen (secondary N) is 2. The molecule has 1 aromatic carbocycles. The maximum atomic E-state index is 12.2. The molecule has 0 radical (unpaired) electrons. The number of ether oxygens (including phenoxy) is 1. The van der Waals surface area contributed by atoms with Crippen molar-refractivity contribution in [3.8, 4) is 5.75 Å². The van der Waals surface area contributed by atoms with Crippen LogP contribution in [0.3, 0.4) is 0 Å². The Bertz CT molecular complexity index is 734. The molecule has 1 amide bonds. The fraction of sp³-hybridized carbons (Fsp3) is 0.267. The Balaban J connectivity index is 1.81. The number of amides is 1. The van der Waals surface area contributed by atoms with Gasteiger partial charge in [-0.2, -0.15) is 5.10 Å². The number of nitrogens with zero attached hydrogens (tertiary/aromatic N) is 1. The summed E-state index contributed by atoms with van der Waals surface area (Å²) >= 11 is 0. The molecule has 0 aliphatic heterocycles. The van der Waals surface area contributed by atoms with Gasteiger partial charge in [0.15, 0.2) is 5.69 Å². The second-order valence-corrected chi connectivity index (χ2v) is 5.15. The minimum Gasteiger partial charge on any atom is -0.497 e. The summed E-state index contributed by atoms with van der Waals surface area (Å²) < 4.78 is 4.99. The number of hydrogen-bond donors (Lipinski definition) is 3. The van der Waals surface area contributed by atoms with E-state index in [2.05, 4.69) is 15.5 Å². The lowest BCUT2D eigenvalue weighted by Crippen LogP contribution is -2.15. The Labute approximate surface area is 126 Å². The molecule has 0 spiro atoms. The van der Waals surface area contributed by atoms with Gasteiger partial charge >= 0.3 is 5.97 Å². The number of H-pyrrole nitrogens is 1. The first-order chi connectivity index (χ1) is 10.6. The summed E-state index contributed by atoms with van der Waals surface area (Å²) in [5.74, 6) is -0.721. The molecule has 7 heteroatoms. The molecule has 0 unspecified atom stereocenters. The molecule has 1 heterocycles. The van der Waals surface area contributed by atoms with Crippen molar-refractivity contribution in [1.82, 2.24) is 10.2 Å². The number of benzene rings is 1. The highest BCUT2D eigenvalue weighted by Gasteiger charge is 2.26. The molecule has 0 saturated heterocycles. The third-order valence-electron chi connectivity index (χ3n) is 3.55. The summed E-state index contributed by atoms with van der Waals surface area (Å²) in [6, 6.07) is 6.14.